The summed E-state index contributed by atoms with van der Waals surface area (Å²) in [6, 6.07) is 15.8. The molecule has 5 rings (SSSR count). The number of anilines is 1. The van der Waals surface area contributed by atoms with Crippen molar-refractivity contribution in [3.05, 3.63) is 86.1 Å². The van der Waals surface area contributed by atoms with E-state index in [0.717, 1.165) is 47.0 Å². The zero-order valence-corrected chi connectivity index (χ0v) is 20.1. The van der Waals surface area contributed by atoms with Crippen molar-refractivity contribution in [1.29, 1.82) is 0 Å². The van der Waals surface area contributed by atoms with Gasteiger partial charge in [-0.3, -0.25) is 23.7 Å². The van der Waals surface area contributed by atoms with Crippen molar-refractivity contribution in [1.82, 2.24) is 24.3 Å². The van der Waals surface area contributed by atoms with Gasteiger partial charge >= 0.3 is 5.69 Å². The van der Waals surface area contributed by atoms with Crippen molar-refractivity contribution < 1.29 is 4.79 Å². The Morgan fingerprint density at radius 3 is 2.29 bits per heavy atom. The first kappa shape index (κ1) is 22.9. The minimum Gasteiger partial charge on any atom is -0.384 e. The van der Waals surface area contributed by atoms with Gasteiger partial charge in [-0.05, 0) is 38.8 Å². The molecule has 0 amide bonds. The summed E-state index contributed by atoms with van der Waals surface area (Å²) < 4.78 is 3.20. The molecule has 4 aromatic rings. The molecule has 0 spiro atoms. The zero-order valence-electron chi connectivity index (χ0n) is 19.3. The molecule has 2 aromatic heterocycles. The third-order valence-electron chi connectivity index (χ3n) is 5.94. The van der Waals surface area contributed by atoms with Crippen LogP contribution in [0.25, 0.3) is 17.1 Å². The predicted molar refractivity (Wildman–Crippen MR) is 135 cm³/mol. The maximum Gasteiger partial charge on any atom is 0.330 e. The van der Waals surface area contributed by atoms with E-state index in [1.165, 1.54) is 4.57 Å². The van der Waals surface area contributed by atoms with Gasteiger partial charge in [0.25, 0.3) is 5.56 Å². The third kappa shape index (κ3) is 4.44. The molecule has 35 heavy (non-hydrogen) atoms. The van der Waals surface area contributed by atoms with Gasteiger partial charge in [0.2, 0.25) is 0 Å². The van der Waals surface area contributed by atoms with E-state index in [2.05, 4.69) is 15.2 Å². The third-order valence-corrected chi connectivity index (χ3v) is 6.87. The van der Waals surface area contributed by atoms with Crippen LogP contribution in [-0.4, -0.2) is 35.9 Å². The van der Waals surface area contributed by atoms with Crippen LogP contribution >= 0.6 is 11.8 Å². The molecule has 1 saturated carbocycles. The van der Waals surface area contributed by atoms with E-state index < -0.39 is 17.0 Å². The van der Waals surface area contributed by atoms with E-state index in [1.807, 2.05) is 66.9 Å². The number of rotatable bonds is 7. The number of thioether (sulfide) groups is 1. The Kier molecular flexibility index (Phi) is 5.89. The number of nitrogen functional groups attached to an aromatic ring is 1. The second-order valence-electron chi connectivity index (χ2n) is 8.68. The Labute approximate surface area is 205 Å². The van der Waals surface area contributed by atoms with E-state index in [4.69, 9.17) is 5.73 Å². The normalized spacial score (nSPS) is 13.2. The average Bonchev–Trinajstić information content (AvgIpc) is 3.56. The first-order chi connectivity index (χ1) is 16.8. The Morgan fingerprint density at radius 1 is 1.03 bits per heavy atom. The monoisotopic (exact) mass is 488 g/mol. The van der Waals surface area contributed by atoms with Crippen molar-refractivity contribution in [3.8, 4) is 17.1 Å². The first-order valence-corrected chi connectivity index (χ1v) is 12.2. The fourth-order valence-corrected chi connectivity index (χ4v) is 4.74. The molecule has 2 heterocycles. The quantitative estimate of drug-likeness (QED) is 0.302. The van der Waals surface area contributed by atoms with Gasteiger partial charge in [-0.15, -0.1) is 10.2 Å². The van der Waals surface area contributed by atoms with Crippen LogP contribution in [0.2, 0.25) is 0 Å². The number of aryl methyl sites for hydroxylation is 2. The summed E-state index contributed by atoms with van der Waals surface area (Å²) >= 11 is 1.16. The highest BCUT2D eigenvalue weighted by molar-refractivity contribution is 7.99. The van der Waals surface area contributed by atoms with E-state index in [9.17, 15) is 14.4 Å². The Morgan fingerprint density at radius 2 is 1.66 bits per heavy atom. The largest absolute Gasteiger partial charge is 0.384 e. The number of benzene rings is 2. The van der Waals surface area contributed by atoms with Crippen LogP contribution in [0.3, 0.4) is 0 Å². The van der Waals surface area contributed by atoms with Crippen molar-refractivity contribution >= 4 is 23.4 Å². The van der Waals surface area contributed by atoms with Gasteiger partial charge in [-0.2, -0.15) is 0 Å². The highest BCUT2D eigenvalue weighted by atomic mass is 32.2. The molecular formula is C25H24N6O3S. The molecule has 1 fully saturated rings. The van der Waals surface area contributed by atoms with Crippen LogP contribution in [0, 0.1) is 13.8 Å². The summed E-state index contributed by atoms with van der Waals surface area (Å²) in [5.41, 5.74) is 8.55. The fraction of sp³-hybridized carbons (Fsp3) is 0.240. The molecule has 0 atom stereocenters. The lowest BCUT2D eigenvalue weighted by atomic mass is 10.1. The van der Waals surface area contributed by atoms with Gasteiger partial charge < -0.3 is 5.73 Å². The van der Waals surface area contributed by atoms with Crippen LogP contribution in [0.1, 0.15) is 40.4 Å². The second-order valence-corrected chi connectivity index (χ2v) is 9.62. The number of nitrogens with one attached hydrogen (secondary N) is 1. The number of aromatic nitrogens is 5. The number of H-pyrrole nitrogens is 1. The minimum absolute atomic E-state index is 0.0692. The molecule has 0 bridgehead atoms. The summed E-state index contributed by atoms with van der Waals surface area (Å²) in [7, 11) is 0. The van der Waals surface area contributed by atoms with E-state index in [0.29, 0.717) is 11.0 Å². The lowest BCUT2D eigenvalue weighted by Gasteiger charge is -2.12. The summed E-state index contributed by atoms with van der Waals surface area (Å²) in [4.78, 5) is 39.9. The van der Waals surface area contributed by atoms with Crippen molar-refractivity contribution in [2.24, 2.45) is 0 Å². The number of carbonyl (C=O) groups excluding carboxylic acids is 1. The maximum atomic E-state index is 13.1. The van der Waals surface area contributed by atoms with Gasteiger partial charge in [-0.1, -0.05) is 59.3 Å². The Hall–Kier alpha value is -3.92. The van der Waals surface area contributed by atoms with E-state index >= 15 is 0 Å². The highest BCUT2D eigenvalue weighted by Crippen LogP contribution is 2.35. The molecule has 178 valence electrons. The first-order valence-electron chi connectivity index (χ1n) is 11.2. The second kappa shape index (κ2) is 9.03. The van der Waals surface area contributed by atoms with Crippen molar-refractivity contribution in [2.45, 2.75) is 37.9 Å². The average molecular weight is 489 g/mol. The molecule has 0 aliphatic heterocycles. The van der Waals surface area contributed by atoms with Gasteiger partial charge in [0.05, 0.1) is 5.75 Å². The smallest absolute Gasteiger partial charge is 0.330 e. The molecule has 0 radical (unpaired) electrons. The summed E-state index contributed by atoms with van der Waals surface area (Å²) in [6.45, 7) is 4.02. The lowest BCUT2D eigenvalue weighted by molar-refractivity contribution is 0.102. The summed E-state index contributed by atoms with van der Waals surface area (Å²) in [6.07, 6.45) is 1.58. The predicted octanol–water partition coefficient (Wildman–Crippen LogP) is 3.29. The van der Waals surface area contributed by atoms with Gasteiger partial charge in [0.1, 0.15) is 11.4 Å². The zero-order chi connectivity index (χ0) is 24.7. The van der Waals surface area contributed by atoms with Crippen molar-refractivity contribution in [2.75, 3.05) is 11.5 Å². The molecule has 0 saturated heterocycles. The standard InChI is InChI=1S/C25H24N6O3S/c1-14-3-7-16(8-4-14)22-28-29-25(31(22)18-9-5-15(2)6-10-18)35-13-19(32)20-21(26)30(17-11-12-17)24(34)27-23(20)33/h3-10,17H,11-13,26H2,1-2H3,(H,27,33,34). The number of aromatic amines is 1. The molecule has 1 aliphatic rings. The number of hydrogen-bond donors (Lipinski definition) is 2. The van der Waals surface area contributed by atoms with Crippen molar-refractivity contribution in [3.63, 3.8) is 0 Å². The molecule has 9 nitrogen and oxygen atoms in total. The highest BCUT2D eigenvalue weighted by Gasteiger charge is 2.30. The van der Waals surface area contributed by atoms with Gasteiger partial charge in [0, 0.05) is 17.3 Å². The molecular weight excluding hydrogens is 464 g/mol. The van der Waals surface area contributed by atoms with Crippen LogP contribution in [0.15, 0.2) is 63.3 Å². The van der Waals surface area contributed by atoms with Gasteiger partial charge in [0.15, 0.2) is 16.8 Å². The summed E-state index contributed by atoms with van der Waals surface area (Å²) in [5.74, 6) is 0.00255. The number of Topliss-reactive ketones (excluding diaryl/α,β-unsaturated/α-hetero) is 1. The maximum absolute atomic E-state index is 13.1. The van der Waals surface area contributed by atoms with Gasteiger partial charge in [-0.25, -0.2) is 4.79 Å². The SMILES string of the molecule is Cc1ccc(-c2nnc(SCC(=O)c3c(N)n(C4CC4)c(=O)[nH]c3=O)n2-c2ccc(C)cc2)cc1. The fourth-order valence-electron chi connectivity index (χ4n) is 3.91. The van der Waals surface area contributed by atoms with E-state index in [-0.39, 0.29) is 23.2 Å². The van der Waals surface area contributed by atoms with Crippen LogP contribution in [0.4, 0.5) is 5.82 Å². The number of nitrogens with two attached hydrogens (primary N) is 1. The van der Waals surface area contributed by atoms with Crippen LogP contribution in [0.5, 0.6) is 0 Å². The minimum atomic E-state index is -0.768. The van der Waals surface area contributed by atoms with E-state index in [1.54, 1.807) is 0 Å². The molecule has 2 aromatic carbocycles. The number of ketones is 1. The Bertz CT molecular complexity index is 1530. The molecule has 3 N–H and O–H groups in total. The topological polar surface area (TPSA) is 129 Å². The molecule has 0 unspecified atom stereocenters. The van der Waals surface area contributed by atoms with Crippen LogP contribution in [-0.2, 0) is 0 Å². The molecule has 10 heteroatoms. The number of hydrogen-bond acceptors (Lipinski definition) is 7. The number of carbonyl (C=O) groups is 1. The summed E-state index contributed by atoms with van der Waals surface area (Å²) in [5, 5.41) is 9.25. The molecule has 1 aliphatic carbocycles. The lowest BCUT2D eigenvalue weighted by Crippen LogP contribution is -2.36. The van der Waals surface area contributed by atoms with Crippen LogP contribution < -0.4 is 17.0 Å². The Balaban J connectivity index is 1.49. The number of nitrogens with zero attached hydrogens (tertiary/aromatic N) is 4.